The third kappa shape index (κ3) is 7.20. The number of amides is 2. The molecule has 49 heavy (non-hydrogen) atoms. The molecule has 0 radical (unpaired) electrons. The Morgan fingerprint density at radius 1 is 0.816 bits per heavy atom. The van der Waals surface area contributed by atoms with Crippen molar-refractivity contribution < 1.29 is 37.4 Å². The zero-order valence-electron chi connectivity index (χ0n) is 28.6. The van der Waals surface area contributed by atoms with E-state index in [0.717, 1.165) is 12.1 Å². The number of pyridine rings is 2. The molecule has 0 saturated carbocycles. The Bertz CT molecular complexity index is 2070. The van der Waals surface area contributed by atoms with Crippen molar-refractivity contribution in [2.75, 3.05) is 12.0 Å². The Morgan fingerprint density at radius 2 is 1.45 bits per heavy atom. The Hall–Kier alpha value is -5.46. The predicted molar refractivity (Wildman–Crippen MR) is 180 cm³/mol. The molecular formula is C36H37F2N5O6. The van der Waals surface area contributed by atoms with E-state index < -0.39 is 41.0 Å². The largest absolute Gasteiger partial charge is 0.465 e. The summed E-state index contributed by atoms with van der Waals surface area (Å²) in [6.45, 7) is 11.9. The van der Waals surface area contributed by atoms with E-state index in [-0.39, 0.29) is 33.5 Å². The van der Waals surface area contributed by atoms with Gasteiger partial charge in [0.2, 0.25) is 0 Å². The Morgan fingerprint density at radius 3 is 2.06 bits per heavy atom. The highest BCUT2D eigenvalue weighted by Crippen LogP contribution is 2.35. The van der Waals surface area contributed by atoms with Crippen molar-refractivity contribution in [1.29, 1.82) is 0 Å². The van der Waals surface area contributed by atoms with E-state index in [2.05, 4.69) is 9.97 Å². The number of imide groups is 1. The minimum atomic E-state index is -1.00. The van der Waals surface area contributed by atoms with E-state index in [1.165, 1.54) is 25.6 Å². The number of hydrogen-bond acceptors (Lipinski definition) is 9. The molecule has 0 aliphatic carbocycles. The van der Waals surface area contributed by atoms with Crippen LogP contribution in [0.15, 0.2) is 54.9 Å². The van der Waals surface area contributed by atoms with E-state index in [9.17, 15) is 18.8 Å². The van der Waals surface area contributed by atoms with E-state index in [0.29, 0.717) is 40.2 Å². The van der Waals surface area contributed by atoms with Gasteiger partial charge in [0.05, 0.1) is 29.3 Å². The average Bonchev–Trinajstić information content (AvgIpc) is 3.38. The number of imidazole rings is 1. The summed E-state index contributed by atoms with van der Waals surface area (Å²) in [7, 11) is 1.24. The molecule has 0 fully saturated rings. The SMILES string of the molecule is CCCc1nc2c(C(=O)OC)cc(-c3ccnc(N(C(=O)OC(C)(C)C)C(=O)OC(C)(C)C)c3)cc2n1-c1ccnc2c(F)ccc(F)c12. The summed E-state index contributed by atoms with van der Waals surface area (Å²) < 4.78 is 48.1. The molecule has 0 aliphatic heterocycles. The fourth-order valence-electron chi connectivity index (χ4n) is 5.28. The molecule has 2 amide bonds. The van der Waals surface area contributed by atoms with Crippen molar-refractivity contribution in [2.45, 2.75) is 72.5 Å². The molecule has 0 unspecified atom stereocenters. The molecule has 0 bridgehead atoms. The number of aromatic nitrogens is 4. The molecule has 5 rings (SSSR count). The second-order valence-corrected chi connectivity index (χ2v) is 13.3. The maximum absolute atomic E-state index is 15.4. The lowest BCUT2D eigenvalue weighted by molar-refractivity contribution is 0.0428. The quantitative estimate of drug-likeness (QED) is 0.129. The van der Waals surface area contributed by atoms with Crippen molar-refractivity contribution in [3.05, 3.63) is 77.9 Å². The number of fused-ring (bicyclic) bond motifs is 2. The van der Waals surface area contributed by atoms with Crippen molar-refractivity contribution in [3.8, 4) is 16.8 Å². The topological polar surface area (TPSA) is 126 Å². The number of aryl methyl sites for hydroxylation is 1. The van der Waals surface area contributed by atoms with Crippen LogP contribution >= 0.6 is 0 Å². The third-order valence-electron chi connectivity index (χ3n) is 7.18. The van der Waals surface area contributed by atoms with Crippen LogP contribution in [-0.2, 0) is 20.6 Å². The first kappa shape index (κ1) is 34.9. The van der Waals surface area contributed by atoms with Gasteiger partial charge in [-0.15, -0.1) is 0 Å². The molecule has 0 saturated heterocycles. The fourth-order valence-corrected chi connectivity index (χ4v) is 5.28. The minimum Gasteiger partial charge on any atom is -0.465 e. The second-order valence-electron chi connectivity index (χ2n) is 13.3. The predicted octanol–water partition coefficient (Wildman–Crippen LogP) is 8.33. The third-order valence-corrected chi connectivity index (χ3v) is 7.18. The number of rotatable bonds is 6. The summed E-state index contributed by atoms with van der Waals surface area (Å²) in [5.74, 6) is -1.67. The Labute approximate surface area is 281 Å². The number of anilines is 1. The van der Waals surface area contributed by atoms with Gasteiger partial charge in [-0.3, -0.25) is 9.55 Å². The zero-order valence-corrected chi connectivity index (χ0v) is 28.6. The fraction of sp³-hybridized carbons (Fsp3) is 0.333. The molecule has 5 aromatic rings. The standard InChI is InChI=1S/C36H37F2N5O6/c1-9-10-27-41-30-22(32(44)47-8)17-21(18-26(30)42(27)25-14-16-40-31-24(38)12-11-23(37)29(25)31)20-13-15-39-28(19-20)43(33(45)48-35(2,3)4)34(46)49-36(5,6)7/h11-19H,9-10H2,1-8H3. The summed E-state index contributed by atoms with van der Waals surface area (Å²) in [6, 6.07) is 9.99. The normalized spacial score (nSPS) is 11.9. The summed E-state index contributed by atoms with van der Waals surface area (Å²) in [5.41, 5.74) is -0.106. The van der Waals surface area contributed by atoms with E-state index in [1.54, 1.807) is 70.4 Å². The zero-order chi connectivity index (χ0) is 35.8. The summed E-state index contributed by atoms with van der Waals surface area (Å²) >= 11 is 0. The minimum absolute atomic E-state index is 0.0549. The molecule has 0 spiro atoms. The smallest absolute Gasteiger partial charge is 0.425 e. The van der Waals surface area contributed by atoms with Crippen LogP contribution in [0.1, 0.15) is 71.1 Å². The van der Waals surface area contributed by atoms with Crippen LogP contribution in [-0.4, -0.2) is 56.0 Å². The molecule has 256 valence electrons. The van der Waals surface area contributed by atoms with Gasteiger partial charge in [-0.05, 0) is 102 Å². The van der Waals surface area contributed by atoms with Crippen molar-refractivity contribution in [2.24, 2.45) is 0 Å². The lowest BCUT2D eigenvalue weighted by atomic mass is 10.0. The molecular weight excluding hydrogens is 636 g/mol. The van der Waals surface area contributed by atoms with E-state index >= 15 is 4.39 Å². The van der Waals surface area contributed by atoms with Gasteiger partial charge >= 0.3 is 18.2 Å². The van der Waals surface area contributed by atoms with Crippen LogP contribution in [0.5, 0.6) is 0 Å². The second kappa shape index (κ2) is 13.2. The number of esters is 1. The van der Waals surface area contributed by atoms with Gasteiger partial charge < -0.3 is 14.2 Å². The van der Waals surface area contributed by atoms with Gasteiger partial charge in [0.25, 0.3) is 0 Å². The maximum atomic E-state index is 15.4. The lowest BCUT2D eigenvalue weighted by Crippen LogP contribution is -2.44. The van der Waals surface area contributed by atoms with Gasteiger partial charge in [0.15, 0.2) is 0 Å². The number of carbonyl (C=O) groups is 3. The molecule has 3 aromatic heterocycles. The van der Waals surface area contributed by atoms with Crippen LogP contribution in [0, 0.1) is 11.6 Å². The molecule has 11 nitrogen and oxygen atoms in total. The van der Waals surface area contributed by atoms with Crippen LogP contribution in [0.4, 0.5) is 24.2 Å². The van der Waals surface area contributed by atoms with E-state index in [1.807, 2.05) is 6.92 Å². The summed E-state index contributed by atoms with van der Waals surface area (Å²) in [4.78, 5) is 53.8. The molecule has 0 atom stereocenters. The van der Waals surface area contributed by atoms with E-state index in [4.69, 9.17) is 19.2 Å². The summed E-state index contributed by atoms with van der Waals surface area (Å²) in [6.07, 6.45) is 1.86. The average molecular weight is 674 g/mol. The van der Waals surface area contributed by atoms with Crippen LogP contribution in [0.3, 0.4) is 0 Å². The molecule has 0 aliphatic rings. The Kier molecular flexibility index (Phi) is 9.40. The molecule has 13 heteroatoms. The molecule has 2 aromatic carbocycles. The number of carbonyl (C=O) groups excluding carboxylic acids is 3. The van der Waals surface area contributed by atoms with Gasteiger partial charge in [-0.25, -0.2) is 33.1 Å². The first-order valence-corrected chi connectivity index (χ1v) is 15.6. The highest BCUT2D eigenvalue weighted by molar-refractivity contribution is 6.09. The van der Waals surface area contributed by atoms with Gasteiger partial charge in [-0.1, -0.05) is 6.92 Å². The number of halogens is 2. The first-order valence-electron chi connectivity index (χ1n) is 15.6. The highest BCUT2D eigenvalue weighted by Gasteiger charge is 2.34. The number of ether oxygens (including phenoxy) is 3. The number of benzene rings is 2. The molecule has 3 heterocycles. The maximum Gasteiger partial charge on any atom is 0.425 e. The lowest BCUT2D eigenvalue weighted by Gasteiger charge is -2.28. The van der Waals surface area contributed by atoms with Gasteiger partial charge in [0, 0.05) is 18.8 Å². The van der Waals surface area contributed by atoms with Crippen LogP contribution in [0.2, 0.25) is 0 Å². The van der Waals surface area contributed by atoms with Crippen LogP contribution in [0.25, 0.3) is 38.8 Å². The van der Waals surface area contributed by atoms with Gasteiger partial charge in [0.1, 0.15) is 45.5 Å². The number of methoxy groups -OCH3 is 1. The van der Waals surface area contributed by atoms with Crippen molar-refractivity contribution in [1.82, 2.24) is 19.5 Å². The van der Waals surface area contributed by atoms with Gasteiger partial charge in [-0.2, -0.15) is 4.90 Å². The first-order chi connectivity index (χ1) is 23.0. The highest BCUT2D eigenvalue weighted by atomic mass is 19.1. The number of nitrogens with zero attached hydrogens (tertiary/aromatic N) is 5. The number of hydrogen-bond donors (Lipinski definition) is 0. The molecule has 0 N–H and O–H groups in total. The monoisotopic (exact) mass is 673 g/mol. The Balaban J connectivity index is 1.78. The van der Waals surface area contributed by atoms with Crippen molar-refractivity contribution in [3.63, 3.8) is 0 Å². The summed E-state index contributed by atoms with van der Waals surface area (Å²) in [5, 5.41) is -0.0549. The van der Waals surface area contributed by atoms with Crippen LogP contribution < -0.4 is 4.90 Å². The van der Waals surface area contributed by atoms with Crippen molar-refractivity contribution >= 4 is 45.9 Å².